The van der Waals surface area contributed by atoms with Crippen LogP contribution in [0, 0.1) is 12.8 Å². The van der Waals surface area contributed by atoms with Crippen LogP contribution in [0.3, 0.4) is 0 Å². The van der Waals surface area contributed by atoms with Gasteiger partial charge in [-0.2, -0.15) is 0 Å². The van der Waals surface area contributed by atoms with Crippen molar-refractivity contribution < 1.29 is 18.7 Å². The van der Waals surface area contributed by atoms with Crippen molar-refractivity contribution in [3.8, 4) is 22.3 Å². The van der Waals surface area contributed by atoms with Gasteiger partial charge in [-0.15, -0.1) is 11.3 Å². The third-order valence-corrected chi connectivity index (χ3v) is 5.89. The van der Waals surface area contributed by atoms with E-state index in [-0.39, 0.29) is 24.3 Å². The second kappa shape index (κ2) is 10.0. The summed E-state index contributed by atoms with van der Waals surface area (Å²) in [5.74, 6) is 1.42. The Morgan fingerprint density at radius 2 is 2.22 bits per heavy atom. The average molecular weight is 456 g/mol. The van der Waals surface area contributed by atoms with Crippen LogP contribution in [0.5, 0.6) is 0 Å². The Morgan fingerprint density at radius 3 is 2.94 bits per heavy atom. The number of carbonyl (C=O) groups excluding carboxylic acids is 2. The van der Waals surface area contributed by atoms with E-state index in [1.54, 1.807) is 25.3 Å². The molecule has 4 rings (SSSR count). The molecule has 3 aromatic rings. The maximum Gasteiger partial charge on any atom is 0.310 e. The molecule has 32 heavy (non-hydrogen) atoms. The van der Waals surface area contributed by atoms with Crippen LogP contribution in [0.1, 0.15) is 25.5 Å². The van der Waals surface area contributed by atoms with Gasteiger partial charge < -0.3 is 14.5 Å². The number of carbonyl (C=O) groups is 2. The lowest BCUT2D eigenvalue weighted by Crippen LogP contribution is -2.43. The Hall–Kier alpha value is -3.11. The minimum absolute atomic E-state index is 0.168. The first-order valence-corrected chi connectivity index (χ1v) is 11.4. The fourth-order valence-electron chi connectivity index (χ4n) is 3.67. The van der Waals surface area contributed by atoms with Crippen LogP contribution >= 0.6 is 11.3 Å². The molecule has 0 saturated carbocycles. The number of ether oxygens (including phenoxy) is 1. The van der Waals surface area contributed by atoms with E-state index in [0.717, 1.165) is 30.2 Å². The molecular formula is C22H25N5O4S. The number of furan rings is 1. The van der Waals surface area contributed by atoms with Crippen LogP contribution in [0.15, 0.2) is 34.2 Å². The van der Waals surface area contributed by atoms with Gasteiger partial charge in [-0.25, -0.2) is 15.0 Å². The average Bonchev–Trinajstić information content (AvgIpc) is 3.46. The summed E-state index contributed by atoms with van der Waals surface area (Å²) in [5.41, 5.74) is 0.606. The second-order valence-corrected chi connectivity index (χ2v) is 8.48. The highest BCUT2D eigenvalue weighted by atomic mass is 32.1. The first kappa shape index (κ1) is 22.1. The lowest BCUT2D eigenvalue weighted by atomic mass is 9.98. The van der Waals surface area contributed by atoms with Crippen molar-refractivity contribution >= 4 is 29.0 Å². The normalized spacial score (nSPS) is 16.6. The third-order valence-electron chi connectivity index (χ3n) is 5.10. The van der Waals surface area contributed by atoms with E-state index in [0.29, 0.717) is 36.2 Å². The van der Waals surface area contributed by atoms with Gasteiger partial charge in [-0.3, -0.25) is 14.5 Å². The Morgan fingerprint density at radius 1 is 1.34 bits per heavy atom. The smallest absolute Gasteiger partial charge is 0.310 e. The molecule has 10 heteroatoms. The summed E-state index contributed by atoms with van der Waals surface area (Å²) in [7, 11) is 0. The van der Waals surface area contributed by atoms with Crippen molar-refractivity contribution in [2.45, 2.75) is 26.7 Å². The molecule has 1 aliphatic rings. The Kier molecular flexibility index (Phi) is 6.91. The molecular weight excluding hydrogens is 430 g/mol. The van der Waals surface area contributed by atoms with E-state index in [1.165, 1.54) is 11.3 Å². The number of anilines is 1. The largest absolute Gasteiger partial charge is 0.466 e. The molecule has 4 heterocycles. The zero-order valence-corrected chi connectivity index (χ0v) is 18.9. The van der Waals surface area contributed by atoms with Crippen molar-refractivity contribution in [3.63, 3.8) is 0 Å². The van der Waals surface area contributed by atoms with E-state index in [1.807, 2.05) is 23.3 Å². The highest BCUT2D eigenvalue weighted by Gasteiger charge is 2.28. The fraction of sp³-hybridized carbons (Fsp3) is 0.409. The summed E-state index contributed by atoms with van der Waals surface area (Å²) in [6.45, 7) is 5.45. The van der Waals surface area contributed by atoms with Crippen LogP contribution in [0.2, 0.25) is 0 Å². The molecule has 1 atom stereocenters. The van der Waals surface area contributed by atoms with Crippen molar-refractivity contribution in [2.75, 3.05) is 31.6 Å². The molecule has 1 amide bonds. The van der Waals surface area contributed by atoms with Crippen LogP contribution in [0.25, 0.3) is 22.3 Å². The summed E-state index contributed by atoms with van der Waals surface area (Å²) in [4.78, 5) is 40.2. The highest BCUT2D eigenvalue weighted by Crippen LogP contribution is 2.27. The zero-order chi connectivity index (χ0) is 22.5. The zero-order valence-electron chi connectivity index (χ0n) is 18.0. The number of nitrogens with one attached hydrogen (secondary N) is 1. The number of amides is 1. The number of hydrogen-bond acceptors (Lipinski definition) is 9. The van der Waals surface area contributed by atoms with Gasteiger partial charge in [0.15, 0.2) is 11.6 Å². The molecule has 9 nitrogen and oxygen atoms in total. The van der Waals surface area contributed by atoms with Crippen molar-refractivity contribution in [3.05, 3.63) is 35.5 Å². The van der Waals surface area contributed by atoms with E-state index in [9.17, 15) is 9.59 Å². The van der Waals surface area contributed by atoms with E-state index < -0.39 is 0 Å². The number of aromatic nitrogens is 3. The fourth-order valence-corrected chi connectivity index (χ4v) is 4.27. The van der Waals surface area contributed by atoms with Crippen LogP contribution in [0.4, 0.5) is 5.82 Å². The topological polar surface area (TPSA) is 110 Å². The number of nitrogens with zero attached hydrogens (tertiary/aromatic N) is 4. The molecule has 1 saturated heterocycles. The number of piperidine rings is 1. The van der Waals surface area contributed by atoms with Gasteiger partial charge in [-0.05, 0) is 45.4 Å². The Bertz CT molecular complexity index is 1080. The molecule has 3 aromatic heterocycles. The number of likely N-dealkylation sites (tertiary alicyclic amines) is 1. The SMILES string of the molecule is CCOC(=O)C1CCCN(CC(=O)Nc2cc(-c3nccs3)nc(-c3ccc(C)o3)n2)C1. The summed E-state index contributed by atoms with van der Waals surface area (Å²) in [5, 5.41) is 5.45. The molecule has 1 fully saturated rings. The van der Waals surface area contributed by atoms with Gasteiger partial charge >= 0.3 is 5.97 Å². The second-order valence-electron chi connectivity index (χ2n) is 7.58. The number of esters is 1. The van der Waals surface area contributed by atoms with Crippen molar-refractivity contribution in [1.82, 2.24) is 19.9 Å². The minimum atomic E-state index is -0.208. The van der Waals surface area contributed by atoms with Gasteiger partial charge in [0.1, 0.15) is 22.3 Å². The molecule has 1 aliphatic heterocycles. The van der Waals surface area contributed by atoms with Crippen LogP contribution in [-0.2, 0) is 14.3 Å². The monoisotopic (exact) mass is 455 g/mol. The number of thiazole rings is 1. The number of hydrogen-bond donors (Lipinski definition) is 1. The lowest BCUT2D eigenvalue weighted by Gasteiger charge is -2.30. The Balaban J connectivity index is 1.49. The molecule has 1 unspecified atom stereocenters. The van der Waals surface area contributed by atoms with Gasteiger partial charge in [0, 0.05) is 24.2 Å². The molecule has 1 N–H and O–H groups in total. The van der Waals surface area contributed by atoms with Crippen molar-refractivity contribution in [1.29, 1.82) is 0 Å². The van der Waals surface area contributed by atoms with Crippen LogP contribution in [-0.4, -0.2) is 58.0 Å². The number of rotatable bonds is 7. The predicted molar refractivity (Wildman–Crippen MR) is 120 cm³/mol. The molecule has 0 spiro atoms. The first-order valence-electron chi connectivity index (χ1n) is 10.6. The Labute approximate surface area is 189 Å². The maximum atomic E-state index is 12.8. The summed E-state index contributed by atoms with van der Waals surface area (Å²) in [6.07, 6.45) is 3.33. The quantitative estimate of drug-likeness (QED) is 0.540. The van der Waals surface area contributed by atoms with Gasteiger partial charge in [-0.1, -0.05) is 0 Å². The lowest BCUT2D eigenvalue weighted by molar-refractivity contribution is -0.150. The molecule has 0 aromatic carbocycles. The standard InChI is InChI=1S/C22H25N5O4S/c1-3-30-22(29)15-5-4-9-27(12-15)13-19(28)25-18-11-16(21-23-8-10-32-21)24-20(26-18)17-7-6-14(2)31-17/h6-8,10-11,15H,3-5,9,12-13H2,1-2H3,(H,24,25,26,28). The third kappa shape index (κ3) is 5.38. The molecule has 0 bridgehead atoms. The van der Waals surface area contributed by atoms with Crippen molar-refractivity contribution in [2.24, 2.45) is 5.92 Å². The minimum Gasteiger partial charge on any atom is -0.466 e. The van der Waals surface area contributed by atoms with Gasteiger partial charge in [0.25, 0.3) is 0 Å². The molecule has 0 radical (unpaired) electrons. The van der Waals surface area contributed by atoms with E-state index >= 15 is 0 Å². The summed E-state index contributed by atoms with van der Waals surface area (Å²) in [6, 6.07) is 5.34. The molecule has 0 aliphatic carbocycles. The first-order chi connectivity index (χ1) is 15.5. The van der Waals surface area contributed by atoms with E-state index in [4.69, 9.17) is 9.15 Å². The van der Waals surface area contributed by atoms with Gasteiger partial charge in [0.2, 0.25) is 5.91 Å². The highest BCUT2D eigenvalue weighted by molar-refractivity contribution is 7.13. The maximum absolute atomic E-state index is 12.8. The summed E-state index contributed by atoms with van der Waals surface area (Å²) < 4.78 is 10.8. The van der Waals surface area contributed by atoms with E-state index in [2.05, 4.69) is 20.3 Å². The number of aryl methyl sites for hydroxylation is 1. The summed E-state index contributed by atoms with van der Waals surface area (Å²) >= 11 is 1.45. The predicted octanol–water partition coefficient (Wildman–Crippen LogP) is 3.38. The van der Waals surface area contributed by atoms with Crippen LogP contribution < -0.4 is 5.32 Å². The van der Waals surface area contributed by atoms with Gasteiger partial charge in [0.05, 0.1) is 19.1 Å². The molecule has 168 valence electrons.